The van der Waals surface area contributed by atoms with Crippen LogP contribution in [0, 0.1) is 10.8 Å². The van der Waals surface area contributed by atoms with Crippen LogP contribution in [0.1, 0.15) is 51.0 Å². The predicted octanol–water partition coefficient (Wildman–Crippen LogP) is 5.68. The highest BCUT2D eigenvalue weighted by molar-refractivity contribution is 5.89. The monoisotopic (exact) mass is 489 g/mol. The summed E-state index contributed by atoms with van der Waals surface area (Å²) in [5.74, 6) is 0.760. The van der Waals surface area contributed by atoms with Crippen molar-refractivity contribution in [3.8, 4) is 0 Å². The summed E-state index contributed by atoms with van der Waals surface area (Å²) in [5.41, 5.74) is 3.50. The Balaban J connectivity index is 1.31. The topological polar surface area (TPSA) is 68.2 Å². The summed E-state index contributed by atoms with van der Waals surface area (Å²) in [5, 5.41) is 6.28. The SMILES string of the molecule is CC1CCC(c2cccc(NC(=O)N3CCC(N=O)CC3)c2)(N2CCN(c3ccccc3)CC2)CC1. The van der Waals surface area contributed by atoms with E-state index in [1.54, 1.807) is 4.90 Å². The van der Waals surface area contributed by atoms with Gasteiger partial charge < -0.3 is 15.1 Å². The Hall–Kier alpha value is -2.93. The fourth-order valence-electron chi connectivity index (χ4n) is 6.32. The zero-order valence-corrected chi connectivity index (χ0v) is 21.4. The number of piperidine rings is 1. The highest BCUT2D eigenvalue weighted by Gasteiger charge is 2.42. The lowest BCUT2D eigenvalue weighted by Crippen LogP contribution is -2.56. The number of nitroso groups, excluding NO2 is 1. The molecule has 0 unspecified atom stereocenters. The second-order valence-corrected chi connectivity index (χ2v) is 10.9. The number of nitrogens with zero attached hydrogens (tertiary/aromatic N) is 4. The molecule has 0 bridgehead atoms. The van der Waals surface area contributed by atoms with E-state index in [0.29, 0.717) is 25.9 Å². The quantitative estimate of drug-likeness (QED) is 0.549. The number of hydrogen-bond donors (Lipinski definition) is 1. The van der Waals surface area contributed by atoms with Crippen molar-refractivity contribution < 1.29 is 4.79 Å². The molecule has 2 saturated heterocycles. The smallest absolute Gasteiger partial charge is 0.321 e. The van der Waals surface area contributed by atoms with Crippen LogP contribution in [0.2, 0.25) is 0 Å². The van der Waals surface area contributed by atoms with Crippen LogP contribution in [0.25, 0.3) is 0 Å². The van der Waals surface area contributed by atoms with E-state index >= 15 is 0 Å². The van der Waals surface area contributed by atoms with Gasteiger partial charge in [-0.25, -0.2) is 4.79 Å². The van der Waals surface area contributed by atoms with Gasteiger partial charge >= 0.3 is 6.03 Å². The summed E-state index contributed by atoms with van der Waals surface area (Å²) >= 11 is 0. The zero-order valence-electron chi connectivity index (χ0n) is 21.4. The average molecular weight is 490 g/mol. The molecule has 2 aromatic rings. The van der Waals surface area contributed by atoms with Gasteiger partial charge in [0.2, 0.25) is 0 Å². The van der Waals surface area contributed by atoms with E-state index in [2.05, 4.69) is 75.7 Å². The van der Waals surface area contributed by atoms with Crippen LogP contribution in [-0.2, 0) is 5.54 Å². The lowest BCUT2D eigenvalue weighted by Gasteiger charge is -2.51. The molecular formula is C29H39N5O2. The molecule has 1 aliphatic carbocycles. The second kappa shape index (κ2) is 11.0. The maximum Gasteiger partial charge on any atom is 0.321 e. The Morgan fingerprint density at radius 3 is 2.25 bits per heavy atom. The van der Waals surface area contributed by atoms with Crippen LogP contribution in [0.15, 0.2) is 59.8 Å². The maximum atomic E-state index is 12.9. The summed E-state index contributed by atoms with van der Waals surface area (Å²) in [6.07, 6.45) is 6.07. The first-order valence-corrected chi connectivity index (χ1v) is 13.6. The van der Waals surface area contributed by atoms with Gasteiger partial charge in [0.05, 0.1) is 6.04 Å². The molecule has 192 valence electrons. The second-order valence-electron chi connectivity index (χ2n) is 10.9. The number of amides is 2. The van der Waals surface area contributed by atoms with Crippen molar-refractivity contribution in [2.75, 3.05) is 49.5 Å². The van der Waals surface area contributed by atoms with Gasteiger partial charge in [0, 0.05) is 56.2 Å². The molecule has 0 spiro atoms. The zero-order chi connectivity index (χ0) is 25.0. The van der Waals surface area contributed by atoms with Crippen molar-refractivity contribution in [2.24, 2.45) is 11.1 Å². The maximum absolute atomic E-state index is 12.9. The molecule has 7 nitrogen and oxygen atoms in total. The first-order valence-electron chi connectivity index (χ1n) is 13.6. The third kappa shape index (κ3) is 5.26. The number of rotatable bonds is 5. The van der Waals surface area contributed by atoms with E-state index in [-0.39, 0.29) is 17.6 Å². The fourth-order valence-corrected chi connectivity index (χ4v) is 6.32. The minimum atomic E-state index is -0.159. The van der Waals surface area contributed by atoms with Gasteiger partial charge in [0.1, 0.15) is 0 Å². The van der Waals surface area contributed by atoms with E-state index in [9.17, 15) is 9.70 Å². The number of benzene rings is 2. The third-order valence-electron chi connectivity index (χ3n) is 8.66. The molecule has 1 N–H and O–H groups in total. The van der Waals surface area contributed by atoms with Crippen molar-refractivity contribution in [3.63, 3.8) is 0 Å². The first-order chi connectivity index (χ1) is 17.6. The molecule has 5 rings (SSSR count). The Morgan fingerprint density at radius 2 is 1.58 bits per heavy atom. The molecule has 2 aliphatic heterocycles. The normalized spacial score (nSPS) is 26.0. The largest absolute Gasteiger partial charge is 0.369 e. The molecule has 0 aromatic heterocycles. The average Bonchev–Trinajstić information content (AvgIpc) is 2.94. The lowest BCUT2D eigenvalue weighted by molar-refractivity contribution is 0.0299. The van der Waals surface area contributed by atoms with E-state index in [4.69, 9.17) is 0 Å². The molecule has 0 radical (unpaired) electrons. The van der Waals surface area contributed by atoms with Gasteiger partial charge in [-0.15, -0.1) is 0 Å². The van der Waals surface area contributed by atoms with Gasteiger partial charge in [-0.1, -0.05) is 42.4 Å². The number of nitrogens with one attached hydrogen (secondary N) is 1. The summed E-state index contributed by atoms with van der Waals surface area (Å²) in [6, 6.07) is 19.0. The van der Waals surface area contributed by atoms with Gasteiger partial charge in [-0.05, 0) is 74.3 Å². The van der Waals surface area contributed by atoms with Crippen LogP contribution in [-0.4, -0.2) is 61.1 Å². The summed E-state index contributed by atoms with van der Waals surface area (Å²) < 4.78 is 0. The number of anilines is 2. The van der Waals surface area contributed by atoms with Gasteiger partial charge in [-0.3, -0.25) is 4.90 Å². The van der Waals surface area contributed by atoms with Crippen LogP contribution < -0.4 is 10.2 Å². The number of piperazine rings is 1. The highest BCUT2D eigenvalue weighted by Crippen LogP contribution is 2.45. The van der Waals surface area contributed by atoms with Crippen molar-refractivity contribution in [3.05, 3.63) is 65.1 Å². The molecule has 0 atom stereocenters. The first kappa shape index (κ1) is 24.8. The molecule has 2 heterocycles. The Labute approximate surface area is 214 Å². The van der Waals surface area contributed by atoms with E-state index in [0.717, 1.165) is 50.6 Å². The minimum Gasteiger partial charge on any atom is -0.369 e. The Morgan fingerprint density at radius 1 is 0.889 bits per heavy atom. The number of para-hydroxylation sites is 1. The lowest BCUT2D eigenvalue weighted by atomic mass is 9.71. The summed E-state index contributed by atoms with van der Waals surface area (Å²) in [6.45, 7) is 7.67. The van der Waals surface area contributed by atoms with E-state index < -0.39 is 0 Å². The molecule has 3 aliphatic rings. The van der Waals surface area contributed by atoms with Crippen LogP contribution in [0.3, 0.4) is 0 Å². The highest BCUT2D eigenvalue weighted by atomic mass is 16.3. The van der Waals surface area contributed by atoms with Crippen LogP contribution >= 0.6 is 0 Å². The number of urea groups is 1. The number of carbonyl (C=O) groups is 1. The van der Waals surface area contributed by atoms with Gasteiger partial charge in [0.15, 0.2) is 0 Å². The molecule has 7 heteroatoms. The standard InChI is InChI=1S/C29H39N5O2/c1-23-10-14-29(15-11-23,34-20-18-32(19-21-34)27-8-3-2-4-9-27)24-6-5-7-26(22-24)30-28(35)33-16-12-25(31-36)13-17-33/h2-9,22-23,25H,10-21H2,1H3,(H,30,35). The molecular weight excluding hydrogens is 450 g/mol. The molecule has 1 saturated carbocycles. The molecule has 36 heavy (non-hydrogen) atoms. The van der Waals surface area contributed by atoms with Gasteiger partial charge in [0.25, 0.3) is 0 Å². The number of likely N-dealkylation sites (tertiary alicyclic amines) is 1. The molecule has 3 fully saturated rings. The summed E-state index contributed by atoms with van der Waals surface area (Å²) in [4.78, 5) is 30.8. The fraction of sp³-hybridized carbons (Fsp3) is 0.552. The van der Waals surface area contributed by atoms with Crippen molar-refractivity contribution in [2.45, 2.75) is 57.0 Å². The number of carbonyl (C=O) groups excluding carboxylic acids is 1. The molecule has 2 amide bonds. The summed E-state index contributed by atoms with van der Waals surface area (Å²) in [7, 11) is 0. The van der Waals surface area contributed by atoms with E-state index in [1.165, 1.54) is 24.1 Å². The van der Waals surface area contributed by atoms with Crippen molar-refractivity contribution in [1.29, 1.82) is 0 Å². The third-order valence-corrected chi connectivity index (χ3v) is 8.66. The Kier molecular flexibility index (Phi) is 7.56. The van der Waals surface area contributed by atoms with Crippen LogP contribution in [0.5, 0.6) is 0 Å². The van der Waals surface area contributed by atoms with Gasteiger partial charge in [-0.2, -0.15) is 4.91 Å². The number of hydrogen-bond acceptors (Lipinski definition) is 5. The van der Waals surface area contributed by atoms with Crippen LogP contribution in [0.4, 0.5) is 16.2 Å². The predicted molar refractivity (Wildman–Crippen MR) is 145 cm³/mol. The minimum absolute atomic E-state index is 0.0179. The van der Waals surface area contributed by atoms with Crippen molar-refractivity contribution in [1.82, 2.24) is 9.80 Å². The Bertz CT molecular complexity index is 1020. The molecule has 2 aromatic carbocycles. The van der Waals surface area contributed by atoms with E-state index in [1.807, 2.05) is 6.07 Å². The van der Waals surface area contributed by atoms with Crippen molar-refractivity contribution >= 4 is 17.4 Å².